The van der Waals surface area contributed by atoms with Gasteiger partial charge in [-0.2, -0.15) is 4.98 Å². The molecule has 2 heterocycles. The van der Waals surface area contributed by atoms with Crippen LogP contribution in [0.2, 0.25) is 0 Å². The Kier molecular flexibility index (Phi) is 5.13. The Labute approximate surface area is 173 Å². The molecule has 7 heteroatoms. The average Bonchev–Trinajstić information content (AvgIpc) is 3.13. The van der Waals surface area contributed by atoms with E-state index in [0.29, 0.717) is 11.3 Å². The number of fused-ring (bicyclic) bond motifs is 1. The predicted molar refractivity (Wildman–Crippen MR) is 116 cm³/mol. The van der Waals surface area contributed by atoms with E-state index in [1.165, 1.54) is 0 Å². The summed E-state index contributed by atoms with van der Waals surface area (Å²) in [5.74, 6) is 0.297. The van der Waals surface area contributed by atoms with Gasteiger partial charge >= 0.3 is 0 Å². The molecule has 0 aliphatic heterocycles. The number of anilines is 4. The van der Waals surface area contributed by atoms with Gasteiger partial charge in [-0.3, -0.25) is 0 Å². The highest BCUT2D eigenvalue weighted by molar-refractivity contribution is 5.82. The van der Waals surface area contributed by atoms with E-state index in [9.17, 15) is 9.50 Å². The number of aliphatic hydroxyl groups excluding tert-OH is 1. The van der Waals surface area contributed by atoms with E-state index in [1.54, 1.807) is 18.2 Å². The molecule has 154 valence electrons. The Hall–Kier alpha value is -3.45. The standard InChI is InChI=1S/C23H23FN4O2/c1-23(2,3)15-5-4-6-16(11-15)26-21-19(24)12-25-22(28-21)27-17-7-8-20-14(9-17)10-18(13-29)30-20/h4-12,29H,13H2,1-3H3,(H2,25,26,27,28). The molecule has 4 rings (SSSR count). The van der Waals surface area contributed by atoms with Crippen molar-refractivity contribution in [1.82, 2.24) is 9.97 Å². The number of nitrogens with one attached hydrogen (secondary N) is 2. The molecule has 0 atom stereocenters. The lowest BCUT2D eigenvalue weighted by atomic mass is 9.87. The van der Waals surface area contributed by atoms with E-state index in [1.807, 2.05) is 30.3 Å². The Morgan fingerprint density at radius 3 is 2.60 bits per heavy atom. The molecular formula is C23H23FN4O2. The second kappa shape index (κ2) is 7.76. The molecule has 0 unspecified atom stereocenters. The highest BCUT2D eigenvalue weighted by atomic mass is 19.1. The summed E-state index contributed by atoms with van der Waals surface area (Å²) in [6, 6.07) is 15.0. The van der Waals surface area contributed by atoms with Gasteiger partial charge in [-0.25, -0.2) is 9.37 Å². The number of furan rings is 1. The summed E-state index contributed by atoms with van der Waals surface area (Å²) in [6.45, 7) is 6.21. The lowest BCUT2D eigenvalue weighted by Gasteiger charge is -2.20. The highest BCUT2D eigenvalue weighted by Crippen LogP contribution is 2.28. The number of aromatic nitrogens is 2. The topological polar surface area (TPSA) is 83.2 Å². The summed E-state index contributed by atoms with van der Waals surface area (Å²) in [6.07, 6.45) is 1.13. The molecule has 0 radical (unpaired) electrons. The fourth-order valence-electron chi connectivity index (χ4n) is 3.10. The maximum Gasteiger partial charge on any atom is 0.229 e. The second-order valence-corrected chi connectivity index (χ2v) is 8.09. The maximum atomic E-state index is 14.3. The van der Waals surface area contributed by atoms with Crippen LogP contribution in [0.25, 0.3) is 11.0 Å². The molecule has 3 N–H and O–H groups in total. The van der Waals surface area contributed by atoms with Crippen LogP contribution in [0.1, 0.15) is 32.1 Å². The molecule has 6 nitrogen and oxygen atoms in total. The number of rotatable bonds is 5. The molecule has 2 aromatic heterocycles. The van der Waals surface area contributed by atoms with Crippen LogP contribution >= 0.6 is 0 Å². The molecule has 0 amide bonds. The van der Waals surface area contributed by atoms with Gasteiger partial charge in [-0.15, -0.1) is 0 Å². The van der Waals surface area contributed by atoms with Gasteiger partial charge in [0.2, 0.25) is 5.95 Å². The van der Waals surface area contributed by atoms with Gasteiger partial charge < -0.3 is 20.2 Å². The largest absolute Gasteiger partial charge is 0.459 e. The zero-order valence-corrected chi connectivity index (χ0v) is 17.0. The number of benzene rings is 2. The van der Waals surface area contributed by atoms with Gasteiger partial charge in [0.1, 0.15) is 18.0 Å². The SMILES string of the molecule is CC(C)(C)c1cccc(Nc2nc(Nc3ccc4oc(CO)cc4c3)ncc2F)c1. The molecule has 0 bridgehead atoms. The summed E-state index contributed by atoms with van der Waals surface area (Å²) in [5, 5.41) is 16.2. The number of aliphatic hydroxyl groups is 1. The van der Waals surface area contributed by atoms with Crippen LogP contribution in [0, 0.1) is 5.82 Å². The third-order valence-electron chi connectivity index (χ3n) is 4.71. The first kappa shape index (κ1) is 19.8. The summed E-state index contributed by atoms with van der Waals surface area (Å²) in [5.41, 5.74) is 3.26. The zero-order valence-electron chi connectivity index (χ0n) is 17.0. The maximum absolute atomic E-state index is 14.3. The van der Waals surface area contributed by atoms with E-state index in [-0.39, 0.29) is 23.8 Å². The van der Waals surface area contributed by atoms with Crippen molar-refractivity contribution >= 4 is 34.1 Å². The third kappa shape index (κ3) is 4.26. The molecule has 4 aromatic rings. The van der Waals surface area contributed by atoms with Crippen LogP contribution in [0.4, 0.5) is 27.5 Å². The Bertz CT molecular complexity index is 1200. The van der Waals surface area contributed by atoms with Crippen LogP contribution in [0.3, 0.4) is 0 Å². The molecule has 0 spiro atoms. The van der Waals surface area contributed by atoms with E-state index < -0.39 is 5.82 Å². The second-order valence-electron chi connectivity index (χ2n) is 8.09. The van der Waals surface area contributed by atoms with Crippen LogP contribution < -0.4 is 10.6 Å². The van der Waals surface area contributed by atoms with Crippen LogP contribution in [-0.4, -0.2) is 15.1 Å². The summed E-state index contributed by atoms with van der Waals surface area (Å²) in [7, 11) is 0. The van der Waals surface area contributed by atoms with Gasteiger partial charge in [0.15, 0.2) is 11.6 Å². The predicted octanol–water partition coefficient (Wildman–Crippen LogP) is 5.64. The lowest BCUT2D eigenvalue weighted by Crippen LogP contribution is -2.11. The van der Waals surface area contributed by atoms with E-state index >= 15 is 0 Å². The molecular weight excluding hydrogens is 383 g/mol. The quantitative estimate of drug-likeness (QED) is 0.398. The summed E-state index contributed by atoms with van der Waals surface area (Å²) >= 11 is 0. The first-order valence-corrected chi connectivity index (χ1v) is 9.62. The van der Waals surface area contributed by atoms with E-state index in [2.05, 4.69) is 41.4 Å². The van der Waals surface area contributed by atoms with Gasteiger partial charge in [0.05, 0.1) is 6.20 Å². The molecule has 0 fully saturated rings. The molecule has 30 heavy (non-hydrogen) atoms. The van der Waals surface area contributed by atoms with Crippen molar-refractivity contribution in [3.05, 3.63) is 71.9 Å². The van der Waals surface area contributed by atoms with Crippen molar-refractivity contribution in [2.24, 2.45) is 0 Å². The third-order valence-corrected chi connectivity index (χ3v) is 4.71. The first-order chi connectivity index (χ1) is 14.3. The molecule has 0 saturated carbocycles. The van der Waals surface area contributed by atoms with Gasteiger partial charge in [-0.05, 0) is 47.4 Å². The monoisotopic (exact) mass is 406 g/mol. The molecule has 0 aliphatic carbocycles. The number of nitrogens with zero attached hydrogens (tertiary/aromatic N) is 2. The summed E-state index contributed by atoms with van der Waals surface area (Å²) < 4.78 is 19.8. The van der Waals surface area contributed by atoms with Gasteiger partial charge in [-0.1, -0.05) is 32.9 Å². The fourth-order valence-corrected chi connectivity index (χ4v) is 3.10. The normalized spacial score (nSPS) is 11.6. The van der Waals surface area contributed by atoms with Gasteiger partial charge in [0, 0.05) is 16.8 Å². The number of halogens is 1. The van der Waals surface area contributed by atoms with Crippen LogP contribution in [-0.2, 0) is 12.0 Å². The van der Waals surface area contributed by atoms with Crippen LogP contribution in [0.15, 0.2) is 59.1 Å². The summed E-state index contributed by atoms with van der Waals surface area (Å²) in [4.78, 5) is 8.32. The minimum atomic E-state index is -0.542. The van der Waals surface area contributed by atoms with Crippen molar-refractivity contribution in [3.63, 3.8) is 0 Å². The smallest absolute Gasteiger partial charge is 0.229 e. The first-order valence-electron chi connectivity index (χ1n) is 9.62. The minimum Gasteiger partial charge on any atom is -0.459 e. The zero-order chi connectivity index (χ0) is 21.3. The van der Waals surface area contributed by atoms with E-state index in [4.69, 9.17) is 4.42 Å². The minimum absolute atomic E-state index is 0.0176. The van der Waals surface area contributed by atoms with Crippen LogP contribution in [0.5, 0.6) is 0 Å². The fraction of sp³-hybridized carbons (Fsp3) is 0.217. The van der Waals surface area contributed by atoms with Crippen molar-refractivity contribution < 1.29 is 13.9 Å². The average molecular weight is 406 g/mol. The van der Waals surface area contributed by atoms with Gasteiger partial charge in [0.25, 0.3) is 0 Å². The van der Waals surface area contributed by atoms with Crippen molar-refractivity contribution in [3.8, 4) is 0 Å². The Morgan fingerprint density at radius 1 is 1.03 bits per heavy atom. The number of hydrogen-bond donors (Lipinski definition) is 3. The van der Waals surface area contributed by atoms with E-state index in [0.717, 1.165) is 28.5 Å². The van der Waals surface area contributed by atoms with Crippen molar-refractivity contribution in [2.75, 3.05) is 10.6 Å². The Morgan fingerprint density at radius 2 is 1.83 bits per heavy atom. The molecule has 0 aliphatic rings. The molecule has 2 aromatic carbocycles. The number of hydrogen-bond acceptors (Lipinski definition) is 6. The van der Waals surface area contributed by atoms with Crippen molar-refractivity contribution in [1.29, 1.82) is 0 Å². The Balaban J connectivity index is 1.58. The van der Waals surface area contributed by atoms with Crippen molar-refractivity contribution in [2.45, 2.75) is 32.8 Å². The molecule has 0 saturated heterocycles. The lowest BCUT2D eigenvalue weighted by molar-refractivity contribution is 0.251. The highest BCUT2D eigenvalue weighted by Gasteiger charge is 2.15.